The number of aryl methyl sites for hydroxylation is 1. The highest BCUT2D eigenvalue weighted by Gasteiger charge is 2.25. The van der Waals surface area contributed by atoms with Crippen LogP contribution in [0.4, 0.5) is 17.5 Å². The number of anilines is 2. The van der Waals surface area contributed by atoms with Crippen LogP contribution in [0.15, 0.2) is 24.4 Å². The number of aromatic amines is 1. The van der Waals surface area contributed by atoms with Gasteiger partial charge in [-0.25, -0.2) is 0 Å². The summed E-state index contributed by atoms with van der Waals surface area (Å²) >= 11 is 0. The van der Waals surface area contributed by atoms with Crippen molar-refractivity contribution in [2.24, 2.45) is 0 Å². The van der Waals surface area contributed by atoms with Crippen LogP contribution < -0.4 is 10.6 Å². The van der Waals surface area contributed by atoms with Crippen LogP contribution in [0.3, 0.4) is 0 Å². The lowest BCUT2D eigenvalue weighted by Gasteiger charge is -2.15. The number of nitrogens with two attached hydrogens (primary N) is 1. The fraction of sp³-hybridized carbons (Fsp3) is 0.267. The average molecular weight is 340 g/mol. The molecule has 128 valence electrons. The Kier molecular flexibility index (Phi) is 4.21. The van der Waals surface area contributed by atoms with Crippen molar-refractivity contribution in [2.45, 2.75) is 12.8 Å². The minimum absolute atomic E-state index is 0.0680. The number of nitriles is 1. The number of nitrogen functional groups attached to an aromatic ring is 1. The summed E-state index contributed by atoms with van der Waals surface area (Å²) in [6.45, 7) is 0.522. The molecule has 0 amide bonds. The molecule has 0 bridgehead atoms. The molecule has 3 aromatic rings. The van der Waals surface area contributed by atoms with Crippen LogP contribution in [0.2, 0.25) is 0 Å². The van der Waals surface area contributed by atoms with Gasteiger partial charge in [0.1, 0.15) is 11.6 Å². The van der Waals surface area contributed by atoms with E-state index in [-0.39, 0.29) is 11.6 Å². The van der Waals surface area contributed by atoms with E-state index in [0.29, 0.717) is 42.1 Å². The van der Waals surface area contributed by atoms with E-state index in [1.165, 1.54) is 4.40 Å². The second-order valence-electron chi connectivity index (χ2n) is 5.54. The van der Waals surface area contributed by atoms with Crippen molar-refractivity contribution >= 4 is 23.1 Å². The smallest absolute Gasteiger partial charge is 0.372 e. The monoisotopic (exact) mass is 340 g/mol. The van der Waals surface area contributed by atoms with Crippen molar-refractivity contribution in [3.63, 3.8) is 0 Å². The third-order valence-corrected chi connectivity index (χ3v) is 3.92. The molecule has 0 fully saturated rings. The molecule has 0 radical (unpaired) electrons. The molecule has 25 heavy (non-hydrogen) atoms. The maximum atomic E-state index is 11.4. The molecule has 0 saturated carbocycles. The molecule has 0 aliphatic carbocycles. The van der Waals surface area contributed by atoms with Crippen molar-refractivity contribution in [3.05, 3.63) is 45.8 Å². The van der Waals surface area contributed by atoms with E-state index in [1.807, 2.05) is 6.07 Å². The van der Waals surface area contributed by atoms with Gasteiger partial charge < -0.3 is 20.7 Å². The van der Waals surface area contributed by atoms with E-state index >= 15 is 0 Å². The van der Waals surface area contributed by atoms with Crippen molar-refractivity contribution in [2.75, 3.05) is 24.2 Å². The van der Waals surface area contributed by atoms with Crippen molar-refractivity contribution < 1.29 is 4.92 Å². The van der Waals surface area contributed by atoms with E-state index < -0.39 is 4.92 Å². The summed E-state index contributed by atoms with van der Waals surface area (Å²) in [6, 6.07) is 7.24. The molecule has 0 aromatic carbocycles. The highest BCUT2D eigenvalue weighted by molar-refractivity contribution is 5.63. The van der Waals surface area contributed by atoms with Gasteiger partial charge in [-0.1, -0.05) is 6.07 Å². The van der Waals surface area contributed by atoms with Crippen LogP contribution in [0, 0.1) is 21.4 Å². The van der Waals surface area contributed by atoms with E-state index in [4.69, 9.17) is 11.0 Å². The molecule has 0 aliphatic rings. The van der Waals surface area contributed by atoms with Crippen molar-refractivity contribution in [1.29, 1.82) is 5.26 Å². The first-order valence-electron chi connectivity index (χ1n) is 7.58. The van der Waals surface area contributed by atoms with Gasteiger partial charge in [0.2, 0.25) is 11.5 Å². The van der Waals surface area contributed by atoms with E-state index in [0.717, 1.165) is 0 Å². The number of fused-ring (bicyclic) bond motifs is 1. The van der Waals surface area contributed by atoms with E-state index in [9.17, 15) is 10.1 Å². The molecule has 3 aromatic heterocycles. The zero-order valence-corrected chi connectivity index (χ0v) is 13.5. The molecule has 0 aliphatic heterocycles. The summed E-state index contributed by atoms with van der Waals surface area (Å²) < 4.78 is 1.45. The van der Waals surface area contributed by atoms with Crippen molar-refractivity contribution in [3.8, 4) is 6.07 Å². The van der Waals surface area contributed by atoms with Crippen LogP contribution in [0.1, 0.15) is 17.7 Å². The topological polar surface area (TPSA) is 142 Å². The highest BCUT2D eigenvalue weighted by atomic mass is 16.6. The second-order valence-corrected chi connectivity index (χ2v) is 5.54. The fourth-order valence-corrected chi connectivity index (χ4v) is 2.69. The molecule has 10 heteroatoms. The predicted molar refractivity (Wildman–Crippen MR) is 91.2 cm³/mol. The molecule has 0 unspecified atom stereocenters. The number of hydrogen-bond acceptors (Lipinski definition) is 7. The third-order valence-electron chi connectivity index (χ3n) is 3.92. The van der Waals surface area contributed by atoms with E-state index in [2.05, 4.69) is 15.2 Å². The van der Waals surface area contributed by atoms with Crippen LogP contribution in [0.5, 0.6) is 0 Å². The molecule has 10 nitrogen and oxygen atoms in total. The SMILES string of the molecule is CN(CCCc1[nH]nc(N)c1C#N)c1nc2ccccn2c1[N+](=O)[O-]. The summed E-state index contributed by atoms with van der Waals surface area (Å²) in [5.74, 6) is 0.421. The molecular formula is C15H16N8O2. The molecule has 0 saturated heterocycles. The number of pyridine rings is 1. The Bertz CT molecular complexity index is 968. The lowest BCUT2D eigenvalue weighted by atomic mass is 10.1. The quantitative estimate of drug-likeness (QED) is 0.511. The van der Waals surface area contributed by atoms with Crippen molar-refractivity contribution in [1.82, 2.24) is 19.6 Å². The molecule has 3 heterocycles. The highest BCUT2D eigenvalue weighted by Crippen LogP contribution is 2.28. The largest absolute Gasteiger partial charge is 0.381 e. The number of rotatable bonds is 6. The number of aromatic nitrogens is 4. The summed E-state index contributed by atoms with van der Waals surface area (Å²) in [6.07, 6.45) is 2.82. The summed E-state index contributed by atoms with van der Waals surface area (Å²) in [7, 11) is 1.75. The Morgan fingerprint density at radius 2 is 2.32 bits per heavy atom. The number of H-pyrrole nitrogens is 1. The van der Waals surface area contributed by atoms with Gasteiger partial charge in [0, 0.05) is 19.7 Å². The number of nitrogens with one attached hydrogen (secondary N) is 1. The first-order chi connectivity index (χ1) is 12.0. The molecule has 0 atom stereocenters. The van der Waals surface area contributed by atoms with Crippen LogP contribution in [-0.2, 0) is 6.42 Å². The van der Waals surface area contributed by atoms with Crippen LogP contribution in [-0.4, -0.2) is 38.1 Å². The minimum atomic E-state index is -0.435. The first kappa shape index (κ1) is 16.3. The summed E-state index contributed by atoms with van der Waals surface area (Å²) in [5.41, 5.74) is 7.14. The standard InChI is InChI=1S/C15H16N8O2/c1-21(7-4-5-11-10(9-16)13(17)20-19-11)14-15(23(24)25)22-8-3-2-6-12(22)18-14/h2-3,6,8H,4-5,7H2,1H3,(H3,17,19,20). The lowest BCUT2D eigenvalue weighted by Crippen LogP contribution is -2.20. The first-order valence-corrected chi connectivity index (χ1v) is 7.58. The lowest BCUT2D eigenvalue weighted by molar-refractivity contribution is -0.389. The average Bonchev–Trinajstić information content (AvgIpc) is 3.15. The Morgan fingerprint density at radius 1 is 1.52 bits per heavy atom. The Labute approximate surface area is 142 Å². The fourth-order valence-electron chi connectivity index (χ4n) is 2.69. The Morgan fingerprint density at radius 3 is 3.04 bits per heavy atom. The van der Waals surface area contributed by atoms with Gasteiger partial charge in [0.25, 0.3) is 0 Å². The van der Waals surface area contributed by atoms with E-state index in [1.54, 1.807) is 36.3 Å². The van der Waals surface area contributed by atoms with Gasteiger partial charge in [-0.2, -0.15) is 19.7 Å². The van der Waals surface area contributed by atoms with Gasteiger partial charge >= 0.3 is 5.82 Å². The number of nitro groups is 1. The Hall–Kier alpha value is -3.61. The third kappa shape index (κ3) is 2.94. The van der Waals surface area contributed by atoms with Gasteiger partial charge in [-0.05, 0) is 23.8 Å². The Balaban J connectivity index is 1.76. The second kappa shape index (κ2) is 6.48. The molecule has 3 rings (SSSR count). The zero-order valence-electron chi connectivity index (χ0n) is 13.5. The number of hydrogen-bond donors (Lipinski definition) is 2. The van der Waals surface area contributed by atoms with Crippen LogP contribution >= 0.6 is 0 Å². The molecular weight excluding hydrogens is 324 g/mol. The zero-order chi connectivity index (χ0) is 18.0. The number of nitrogens with zero attached hydrogens (tertiary/aromatic N) is 6. The molecule has 0 spiro atoms. The minimum Gasteiger partial charge on any atom is -0.381 e. The maximum Gasteiger partial charge on any atom is 0.372 e. The predicted octanol–water partition coefficient (Wildman–Crippen LogP) is 1.49. The van der Waals surface area contributed by atoms with Crippen LogP contribution in [0.25, 0.3) is 5.65 Å². The van der Waals surface area contributed by atoms with Gasteiger partial charge in [-0.3, -0.25) is 5.10 Å². The van der Waals surface area contributed by atoms with Gasteiger partial charge in [0.05, 0.1) is 11.9 Å². The number of imidazole rings is 1. The van der Waals surface area contributed by atoms with Gasteiger partial charge in [-0.15, -0.1) is 0 Å². The van der Waals surface area contributed by atoms with Gasteiger partial charge in [0.15, 0.2) is 5.82 Å². The summed E-state index contributed by atoms with van der Waals surface area (Å²) in [5, 5.41) is 27.1. The normalized spacial score (nSPS) is 10.7. The summed E-state index contributed by atoms with van der Waals surface area (Å²) in [4.78, 5) is 17.1. The maximum absolute atomic E-state index is 11.4. The molecule has 3 N–H and O–H groups in total.